The molecule has 16 heavy (non-hydrogen) atoms. The maximum Gasteiger partial charge on any atom is 0.323 e. The predicted octanol–water partition coefficient (Wildman–Crippen LogP) is 0.461. The van der Waals surface area contributed by atoms with E-state index in [0.29, 0.717) is 19.6 Å². The molecule has 2 heterocycles. The summed E-state index contributed by atoms with van der Waals surface area (Å²) in [5.41, 5.74) is 0. The summed E-state index contributed by atoms with van der Waals surface area (Å²) in [6.45, 7) is 7.65. The van der Waals surface area contributed by atoms with Crippen LogP contribution in [-0.2, 0) is 0 Å². The van der Waals surface area contributed by atoms with Crippen molar-refractivity contribution in [1.29, 1.82) is 0 Å². The number of fused-ring (bicyclic) bond motifs is 1. The third kappa shape index (κ3) is 1.25. The summed E-state index contributed by atoms with van der Waals surface area (Å²) < 4.78 is 0. The van der Waals surface area contributed by atoms with Gasteiger partial charge >= 0.3 is 12.1 Å². The van der Waals surface area contributed by atoms with E-state index in [4.69, 9.17) is 0 Å². The van der Waals surface area contributed by atoms with Crippen molar-refractivity contribution in [2.75, 3.05) is 19.6 Å². The van der Waals surface area contributed by atoms with Crippen molar-refractivity contribution in [2.45, 2.75) is 33.1 Å². The van der Waals surface area contributed by atoms with Gasteiger partial charge in [-0.2, -0.15) is 0 Å². The van der Waals surface area contributed by atoms with Crippen LogP contribution in [0.3, 0.4) is 0 Å². The number of carbonyl (C=O) groups is 2. The van der Waals surface area contributed by atoms with Gasteiger partial charge < -0.3 is 20.0 Å². The van der Waals surface area contributed by atoms with Crippen molar-refractivity contribution in [3.05, 3.63) is 0 Å². The molecule has 0 spiro atoms. The quantitative estimate of drug-likeness (QED) is 0.760. The Morgan fingerprint density at radius 3 is 2.06 bits per heavy atom. The van der Waals surface area contributed by atoms with Crippen LogP contribution in [0.1, 0.15) is 20.8 Å². The number of hydrogen-bond acceptors (Lipinski definition) is 2. The Morgan fingerprint density at radius 1 is 1.00 bits per heavy atom. The number of nitrogens with zero attached hydrogens (tertiary/aromatic N) is 3. The lowest BCUT2D eigenvalue weighted by Gasteiger charge is -2.27. The van der Waals surface area contributed by atoms with Crippen LogP contribution in [0.15, 0.2) is 0 Å². The Labute approximate surface area is 95.2 Å². The van der Waals surface area contributed by atoms with Gasteiger partial charge in [0.05, 0.1) is 0 Å². The van der Waals surface area contributed by atoms with E-state index in [0.717, 1.165) is 0 Å². The van der Waals surface area contributed by atoms with E-state index in [-0.39, 0.29) is 24.4 Å². The molecule has 2 atom stereocenters. The third-order valence-corrected chi connectivity index (χ3v) is 3.30. The van der Waals surface area contributed by atoms with E-state index in [1.165, 1.54) is 0 Å². The summed E-state index contributed by atoms with van der Waals surface area (Å²) in [5.74, 6) is 0. The smallest absolute Gasteiger partial charge is 0.314 e. The SMILES string of the molecule is CCN1C(=O)N[C@H]2[C@@H]1N(CC)C(=O)N2CC. The second-order valence-corrected chi connectivity index (χ2v) is 3.95. The van der Waals surface area contributed by atoms with Crippen LogP contribution < -0.4 is 5.32 Å². The monoisotopic (exact) mass is 226 g/mol. The molecule has 0 radical (unpaired) electrons. The number of amides is 4. The van der Waals surface area contributed by atoms with E-state index in [1.807, 2.05) is 20.8 Å². The Balaban J connectivity index is 2.31. The van der Waals surface area contributed by atoms with Gasteiger partial charge in [-0.05, 0) is 20.8 Å². The molecule has 0 aromatic carbocycles. The summed E-state index contributed by atoms with van der Waals surface area (Å²) in [6.07, 6.45) is -0.333. The van der Waals surface area contributed by atoms with Gasteiger partial charge in [-0.15, -0.1) is 0 Å². The highest BCUT2D eigenvalue weighted by Crippen LogP contribution is 2.28. The molecule has 90 valence electrons. The standard InChI is InChI=1S/C10H18N4O2/c1-4-12-7-8(14(6-3)10(12)16)13(5-2)9(15)11-7/h7-8H,4-6H2,1-3H3,(H,11,15)/t7-,8+/m1/s1. The number of nitrogens with one attached hydrogen (secondary N) is 1. The van der Waals surface area contributed by atoms with E-state index in [1.54, 1.807) is 14.7 Å². The second-order valence-electron chi connectivity index (χ2n) is 3.95. The molecular weight excluding hydrogens is 208 g/mol. The largest absolute Gasteiger partial charge is 0.323 e. The zero-order valence-electron chi connectivity index (χ0n) is 9.93. The molecule has 1 N–H and O–H groups in total. The van der Waals surface area contributed by atoms with Crippen molar-refractivity contribution >= 4 is 12.1 Å². The average Bonchev–Trinajstić information content (AvgIpc) is 2.70. The maximum atomic E-state index is 12.0. The topological polar surface area (TPSA) is 55.9 Å². The lowest BCUT2D eigenvalue weighted by molar-refractivity contribution is 0.136. The molecule has 0 saturated carbocycles. The molecule has 2 rings (SSSR count). The van der Waals surface area contributed by atoms with E-state index < -0.39 is 0 Å². The molecule has 4 amide bonds. The Kier molecular flexibility index (Phi) is 2.65. The summed E-state index contributed by atoms with van der Waals surface area (Å²) in [4.78, 5) is 28.9. The van der Waals surface area contributed by atoms with Gasteiger partial charge in [0.1, 0.15) is 12.3 Å². The molecule has 2 fully saturated rings. The van der Waals surface area contributed by atoms with Crippen molar-refractivity contribution in [3.8, 4) is 0 Å². The maximum absolute atomic E-state index is 12.0. The van der Waals surface area contributed by atoms with Gasteiger partial charge in [0.2, 0.25) is 0 Å². The zero-order chi connectivity index (χ0) is 11.9. The molecule has 2 saturated heterocycles. The minimum atomic E-state index is -0.190. The number of urea groups is 2. The third-order valence-electron chi connectivity index (χ3n) is 3.30. The van der Waals surface area contributed by atoms with Crippen LogP contribution >= 0.6 is 0 Å². The summed E-state index contributed by atoms with van der Waals surface area (Å²) in [7, 11) is 0. The fourth-order valence-electron chi connectivity index (χ4n) is 2.53. The average molecular weight is 226 g/mol. The van der Waals surface area contributed by atoms with E-state index >= 15 is 0 Å². The van der Waals surface area contributed by atoms with E-state index in [9.17, 15) is 9.59 Å². The van der Waals surface area contributed by atoms with Crippen LogP contribution in [0.2, 0.25) is 0 Å². The Bertz CT molecular complexity index is 318. The first-order valence-electron chi connectivity index (χ1n) is 5.80. The fraction of sp³-hybridized carbons (Fsp3) is 0.800. The minimum Gasteiger partial charge on any atom is -0.314 e. The van der Waals surface area contributed by atoms with Crippen molar-refractivity contribution in [1.82, 2.24) is 20.0 Å². The molecule has 2 aliphatic heterocycles. The Hall–Kier alpha value is -1.46. The molecular formula is C10H18N4O2. The van der Waals surface area contributed by atoms with Crippen LogP contribution in [0.5, 0.6) is 0 Å². The molecule has 0 aromatic rings. The highest BCUT2D eigenvalue weighted by Gasteiger charge is 2.53. The van der Waals surface area contributed by atoms with Crippen LogP contribution in [0, 0.1) is 0 Å². The molecule has 6 nitrogen and oxygen atoms in total. The van der Waals surface area contributed by atoms with Crippen LogP contribution in [0.25, 0.3) is 0 Å². The highest BCUT2D eigenvalue weighted by atomic mass is 16.2. The fourth-order valence-corrected chi connectivity index (χ4v) is 2.53. The molecule has 6 heteroatoms. The number of carbonyl (C=O) groups excluding carboxylic acids is 2. The molecule has 0 aliphatic carbocycles. The first kappa shape index (κ1) is 11.0. The summed E-state index contributed by atoms with van der Waals surface area (Å²) in [6, 6.07) is -0.0691. The molecule has 0 bridgehead atoms. The Morgan fingerprint density at radius 2 is 1.56 bits per heavy atom. The second kappa shape index (κ2) is 3.84. The lowest BCUT2D eigenvalue weighted by Crippen LogP contribution is -2.46. The minimum absolute atomic E-state index is 0.0125. The molecule has 0 aromatic heterocycles. The summed E-state index contributed by atoms with van der Waals surface area (Å²) >= 11 is 0. The van der Waals surface area contributed by atoms with Crippen molar-refractivity contribution in [2.24, 2.45) is 0 Å². The van der Waals surface area contributed by atoms with Gasteiger partial charge in [-0.25, -0.2) is 9.59 Å². The number of likely N-dealkylation sites (N-methyl/N-ethyl adjacent to an activating group) is 3. The zero-order valence-corrected chi connectivity index (χ0v) is 9.93. The normalized spacial score (nSPS) is 28.8. The first-order chi connectivity index (χ1) is 7.65. The van der Waals surface area contributed by atoms with Crippen molar-refractivity contribution in [3.63, 3.8) is 0 Å². The van der Waals surface area contributed by atoms with Gasteiger partial charge in [-0.3, -0.25) is 0 Å². The molecule has 2 aliphatic rings. The van der Waals surface area contributed by atoms with Gasteiger partial charge in [0.15, 0.2) is 0 Å². The van der Waals surface area contributed by atoms with Crippen LogP contribution in [-0.4, -0.2) is 58.7 Å². The summed E-state index contributed by atoms with van der Waals surface area (Å²) in [5, 5.41) is 2.86. The predicted molar refractivity (Wildman–Crippen MR) is 58.6 cm³/mol. The van der Waals surface area contributed by atoms with Gasteiger partial charge in [-0.1, -0.05) is 0 Å². The highest BCUT2D eigenvalue weighted by molar-refractivity contribution is 5.85. The van der Waals surface area contributed by atoms with Crippen LogP contribution in [0.4, 0.5) is 9.59 Å². The van der Waals surface area contributed by atoms with Crippen molar-refractivity contribution < 1.29 is 9.59 Å². The van der Waals surface area contributed by atoms with Gasteiger partial charge in [0, 0.05) is 19.6 Å². The lowest BCUT2D eigenvalue weighted by atomic mass is 10.3. The van der Waals surface area contributed by atoms with Gasteiger partial charge in [0.25, 0.3) is 0 Å². The van der Waals surface area contributed by atoms with E-state index in [2.05, 4.69) is 5.32 Å². The number of rotatable bonds is 3. The molecule has 0 unspecified atom stereocenters. The number of hydrogen-bond donors (Lipinski definition) is 1. The first-order valence-corrected chi connectivity index (χ1v) is 5.80.